The minimum Gasteiger partial charge on any atom is -0.344 e. The first-order valence-electron chi connectivity index (χ1n) is 14.0. The smallest absolute Gasteiger partial charge is 0.263 e. The van der Waals surface area contributed by atoms with Gasteiger partial charge in [-0.3, -0.25) is 9.69 Å². The zero-order valence-electron chi connectivity index (χ0n) is 25.1. The van der Waals surface area contributed by atoms with Gasteiger partial charge in [0.15, 0.2) is 0 Å². The summed E-state index contributed by atoms with van der Waals surface area (Å²) in [5, 5.41) is 0. The average molecular weight is 539 g/mol. The Morgan fingerprint density at radius 1 is 0.829 bits per heavy atom. The molecule has 4 aromatic carbocycles. The molecule has 206 valence electrons. The molecule has 0 fully saturated rings. The molecule has 0 saturated heterocycles. The fourth-order valence-electron chi connectivity index (χ4n) is 6.35. The lowest BCUT2D eigenvalue weighted by Gasteiger charge is -2.27. The van der Waals surface area contributed by atoms with Crippen molar-refractivity contribution < 1.29 is 4.79 Å². The molecule has 1 aliphatic heterocycles. The first-order chi connectivity index (χ1) is 19.5. The summed E-state index contributed by atoms with van der Waals surface area (Å²) in [7, 11) is 2.08. The van der Waals surface area contributed by atoms with E-state index in [0.29, 0.717) is 0 Å². The van der Waals surface area contributed by atoms with Crippen molar-refractivity contribution in [1.29, 1.82) is 0 Å². The number of nitrogens with zero attached hydrogens (tertiary/aromatic N) is 2. The van der Waals surface area contributed by atoms with E-state index in [0.717, 1.165) is 62.4 Å². The molecule has 1 aliphatic rings. The minimum absolute atomic E-state index is 0.00379. The molecule has 0 bridgehead atoms. The lowest BCUT2D eigenvalue weighted by Crippen LogP contribution is -2.24. The van der Waals surface area contributed by atoms with Gasteiger partial charge in [-0.1, -0.05) is 92.0 Å². The second kappa shape index (κ2) is 10.7. The lowest BCUT2D eigenvalue weighted by atomic mass is 9.95. The van der Waals surface area contributed by atoms with Gasteiger partial charge in [0.05, 0.1) is 11.4 Å². The van der Waals surface area contributed by atoms with Gasteiger partial charge in [-0.15, -0.1) is 0 Å². The highest BCUT2D eigenvalue weighted by Crippen LogP contribution is 2.40. The summed E-state index contributed by atoms with van der Waals surface area (Å²) < 4.78 is 0. The van der Waals surface area contributed by atoms with Crippen LogP contribution in [0.25, 0.3) is 17.5 Å². The first kappa shape index (κ1) is 27.9. The van der Waals surface area contributed by atoms with Gasteiger partial charge in [0, 0.05) is 35.1 Å². The topological polar surface area (TPSA) is 23.6 Å². The van der Waals surface area contributed by atoms with Crippen molar-refractivity contribution in [3.8, 4) is 0 Å². The highest BCUT2D eigenvalue weighted by molar-refractivity contribution is 6.22. The fraction of sp³-hybridized carbons (Fsp3) is 0.184. The number of fused-ring (bicyclic) bond motifs is 1. The number of hydrogen-bond donors (Lipinski definition) is 0. The third kappa shape index (κ3) is 4.93. The second-order valence-electron chi connectivity index (χ2n) is 11.3. The normalized spacial score (nSPS) is 12.5. The molecule has 41 heavy (non-hydrogen) atoms. The molecule has 0 aliphatic carbocycles. The highest BCUT2D eigenvalue weighted by atomic mass is 16.2. The number of benzene rings is 4. The van der Waals surface area contributed by atoms with E-state index in [1.165, 1.54) is 27.9 Å². The molecular formula is C38H38N2O. The van der Waals surface area contributed by atoms with Crippen molar-refractivity contribution in [3.63, 3.8) is 0 Å². The maximum atomic E-state index is 13.4. The third-order valence-corrected chi connectivity index (χ3v) is 8.15. The monoisotopic (exact) mass is 538 g/mol. The van der Waals surface area contributed by atoms with Crippen LogP contribution in [0, 0.1) is 34.6 Å². The lowest BCUT2D eigenvalue weighted by molar-refractivity contribution is 0.101. The van der Waals surface area contributed by atoms with Crippen LogP contribution >= 0.6 is 0 Å². The van der Waals surface area contributed by atoms with Crippen molar-refractivity contribution >= 4 is 34.8 Å². The zero-order chi connectivity index (χ0) is 29.6. The van der Waals surface area contributed by atoms with Gasteiger partial charge in [-0.2, -0.15) is 0 Å². The standard InChI is InChI=1S/C38H38N2O/c1-10-32-13-11-12-14-33(32)28(7)39(9)36-24(3)18-30(19-25(36)4)22-31-20-26(5)37(27(6)21-31)40-29(8)34-16-15-23(2)17-35(34)38(40)41/h10-21H,1,7-8,22H2,2-6,9H3. The molecule has 1 heterocycles. The van der Waals surface area contributed by atoms with Crippen LogP contribution in [0.4, 0.5) is 11.4 Å². The summed E-state index contributed by atoms with van der Waals surface area (Å²) in [4.78, 5) is 17.4. The maximum Gasteiger partial charge on any atom is 0.263 e. The highest BCUT2D eigenvalue weighted by Gasteiger charge is 2.34. The number of hydrogen-bond acceptors (Lipinski definition) is 2. The predicted octanol–water partition coefficient (Wildman–Crippen LogP) is 9.20. The molecule has 1 amide bonds. The van der Waals surface area contributed by atoms with Gasteiger partial charge < -0.3 is 4.90 Å². The first-order valence-corrected chi connectivity index (χ1v) is 14.0. The summed E-state index contributed by atoms with van der Waals surface area (Å²) in [6, 6.07) is 23.2. The largest absolute Gasteiger partial charge is 0.344 e. The van der Waals surface area contributed by atoms with Gasteiger partial charge in [-0.25, -0.2) is 0 Å². The molecule has 0 aromatic heterocycles. The van der Waals surface area contributed by atoms with E-state index in [1.807, 2.05) is 43.3 Å². The van der Waals surface area contributed by atoms with Crippen molar-refractivity contribution in [2.75, 3.05) is 16.8 Å². The Morgan fingerprint density at radius 2 is 1.41 bits per heavy atom. The van der Waals surface area contributed by atoms with E-state index < -0.39 is 0 Å². The molecule has 0 spiro atoms. The third-order valence-electron chi connectivity index (χ3n) is 8.15. The van der Waals surface area contributed by atoms with Gasteiger partial charge in [0.25, 0.3) is 5.91 Å². The molecule has 0 saturated carbocycles. The van der Waals surface area contributed by atoms with Crippen molar-refractivity contribution in [2.24, 2.45) is 0 Å². The minimum atomic E-state index is -0.00379. The number of carbonyl (C=O) groups excluding carboxylic acids is 1. The number of rotatable bonds is 7. The Kier molecular flexibility index (Phi) is 7.31. The van der Waals surface area contributed by atoms with Crippen LogP contribution in [0.1, 0.15) is 66.0 Å². The van der Waals surface area contributed by atoms with Gasteiger partial charge in [-0.05, 0) is 86.1 Å². The molecule has 3 heteroatoms. The van der Waals surface area contributed by atoms with E-state index in [4.69, 9.17) is 0 Å². The van der Waals surface area contributed by atoms with Gasteiger partial charge >= 0.3 is 0 Å². The molecule has 0 atom stereocenters. The quantitative estimate of drug-likeness (QED) is 0.234. The van der Waals surface area contributed by atoms with Crippen LogP contribution in [0.3, 0.4) is 0 Å². The Balaban J connectivity index is 1.42. The number of aryl methyl sites for hydroxylation is 5. The van der Waals surface area contributed by atoms with Crippen molar-refractivity contribution in [3.05, 3.63) is 148 Å². The summed E-state index contributed by atoms with van der Waals surface area (Å²) in [5.74, 6) is -0.00379. The zero-order valence-corrected chi connectivity index (χ0v) is 25.1. The summed E-state index contributed by atoms with van der Waals surface area (Å²) in [6.07, 6.45) is 2.68. The van der Waals surface area contributed by atoms with Crippen LogP contribution in [0.5, 0.6) is 0 Å². The van der Waals surface area contributed by atoms with Crippen molar-refractivity contribution in [2.45, 2.75) is 41.0 Å². The number of carbonyl (C=O) groups is 1. The number of amides is 1. The molecule has 5 rings (SSSR count). The molecule has 3 nitrogen and oxygen atoms in total. The SMILES string of the molecule is C=Cc1ccccc1C(=C)N(C)c1c(C)cc(Cc2cc(C)c(N3C(=C)c4ccc(C)cc4C3=O)c(C)c2)cc1C. The molecule has 0 N–H and O–H groups in total. The van der Waals surface area contributed by atoms with E-state index in [2.05, 4.69) is 95.8 Å². The average Bonchev–Trinajstić information content (AvgIpc) is 3.16. The van der Waals surface area contributed by atoms with Crippen LogP contribution in [-0.4, -0.2) is 13.0 Å². The van der Waals surface area contributed by atoms with Crippen LogP contribution < -0.4 is 9.80 Å². The Labute approximate surface area is 244 Å². The predicted molar refractivity (Wildman–Crippen MR) is 176 cm³/mol. The van der Waals surface area contributed by atoms with E-state index >= 15 is 0 Å². The van der Waals surface area contributed by atoms with Crippen molar-refractivity contribution in [1.82, 2.24) is 0 Å². The summed E-state index contributed by atoms with van der Waals surface area (Å²) in [5.41, 5.74) is 15.7. The Hall–Kier alpha value is -4.63. The number of anilines is 2. The van der Waals surface area contributed by atoms with E-state index in [1.54, 1.807) is 4.90 Å². The van der Waals surface area contributed by atoms with Gasteiger partial charge in [0.2, 0.25) is 0 Å². The Bertz CT molecular complexity index is 1710. The molecule has 0 radical (unpaired) electrons. The summed E-state index contributed by atoms with van der Waals surface area (Å²) in [6.45, 7) is 23.2. The summed E-state index contributed by atoms with van der Waals surface area (Å²) >= 11 is 0. The molecule has 0 unspecified atom stereocenters. The van der Waals surface area contributed by atoms with Crippen LogP contribution in [0.15, 0.2) is 86.5 Å². The fourth-order valence-corrected chi connectivity index (χ4v) is 6.35. The van der Waals surface area contributed by atoms with Crippen LogP contribution in [0.2, 0.25) is 0 Å². The maximum absolute atomic E-state index is 13.4. The second-order valence-corrected chi connectivity index (χ2v) is 11.3. The Morgan fingerprint density at radius 3 is 2.02 bits per heavy atom. The molecule has 4 aromatic rings. The van der Waals surface area contributed by atoms with E-state index in [9.17, 15) is 4.79 Å². The van der Waals surface area contributed by atoms with Crippen LogP contribution in [-0.2, 0) is 6.42 Å². The van der Waals surface area contributed by atoms with Gasteiger partial charge in [0.1, 0.15) is 0 Å². The molecular weight excluding hydrogens is 500 g/mol. The van der Waals surface area contributed by atoms with E-state index in [-0.39, 0.29) is 5.91 Å².